The summed E-state index contributed by atoms with van der Waals surface area (Å²) < 4.78 is 11.8. The van der Waals surface area contributed by atoms with Crippen molar-refractivity contribution in [2.24, 2.45) is 0 Å². The van der Waals surface area contributed by atoms with E-state index in [2.05, 4.69) is 35.4 Å². The summed E-state index contributed by atoms with van der Waals surface area (Å²) in [5, 5.41) is 11.5. The lowest BCUT2D eigenvalue weighted by Gasteiger charge is -2.33. The fraction of sp³-hybridized carbons (Fsp3) is 0.320. The lowest BCUT2D eigenvalue weighted by molar-refractivity contribution is -0.130. The Kier molecular flexibility index (Phi) is 7.33. The second-order valence-corrected chi connectivity index (χ2v) is 9.09. The third-order valence-corrected chi connectivity index (χ3v) is 6.39. The van der Waals surface area contributed by atoms with Gasteiger partial charge in [-0.05, 0) is 37.3 Å². The molecule has 0 radical (unpaired) electrons. The van der Waals surface area contributed by atoms with E-state index in [-0.39, 0.29) is 5.91 Å². The van der Waals surface area contributed by atoms with Crippen LogP contribution in [-0.2, 0) is 4.79 Å². The molecule has 1 aliphatic rings. The minimum Gasteiger partial charge on any atom is -0.475 e. The number of nitrogens with one attached hydrogen (secondary N) is 2. The molecule has 11 nitrogen and oxygen atoms in total. The Morgan fingerprint density at radius 1 is 1.14 bits per heavy atom. The maximum Gasteiger partial charge on any atom is 0.246 e. The van der Waals surface area contributed by atoms with Crippen molar-refractivity contribution in [1.29, 1.82) is 0 Å². The van der Waals surface area contributed by atoms with Crippen LogP contribution in [0, 0.1) is 6.92 Å². The first-order valence-electron chi connectivity index (χ1n) is 11.9. The molecule has 0 atom stereocenters. The summed E-state index contributed by atoms with van der Waals surface area (Å²) in [7, 11) is 0. The Balaban J connectivity index is 1.24. The van der Waals surface area contributed by atoms with Crippen LogP contribution in [0.5, 0.6) is 17.4 Å². The molecular weight excluding hydrogens is 496 g/mol. The fourth-order valence-corrected chi connectivity index (χ4v) is 4.25. The van der Waals surface area contributed by atoms with Crippen molar-refractivity contribution in [1.82, 2.24) is 34.9 Å². The molecule has 3 aromatic heterocycles. The van der Waals surface area contributed by atoms with Crippen LogP contribution in [0.15, 0.2) is 42.9 Å². The van der Waals surface area contributed by atoms with E-state index in [0.29, 0.717) is 45.9 Å². The number of hydrogen-bond acceptors (Lipinski definition) is 9. The Labute approximate surface area is 218 Å². The quantitative estimate of drug-likeness (QED) is 0.356. The normalized spacial score (nSPS) is 14.1. The van der Waals surface area contributed by atoms with E-state index in [4.69, 9.17) is 21.1 Å². The van der Waals surface area contributed by atoms with Gasteiger partial charge in [-0.1, -0.05) is 11.6 Å². The summed E-state index contributed by atoms with van der Waals surface area (Å²) >= 11 is 6.49. The van der Waals surface area contributed by atoms with Crippen LogP contribution >= 0.6 is 11.6 Å². The van der Waals surface area contributed by atoms with E-state index in [1.165, 1.54) is 6.33 Å². The summed E-state index contributed by atoms with van der Waals surface area (Å²) in [6.07, 6.45) is 3.10. The van der Waals surface area contributed by atoms with Crippen LogP contribution in [0.25, 0.3) is 11.0 Å². The summed E-state index contributed by atoms with van der Waals surface area (Å²) in [4.78, 5) is 28.5. The second-order valence-electron chi connectivity index (χ2n) is 8.68. The van der Waals surface area contributed by atoms with Crippen LogP contribution in [0.4, 0.5) is 11.5 Å². The molecule has 1 fully saturated rings. The Bertz CT molecular complexity index is 1390. The molecule has 1 aromatic carbocycles. The van der Waals surface area contributed by atoms with E-state index in [9.17, 15) is 4.79 Å². The highest BCUT2D eigenvalue weighted by atomic mass is 35.5. The van der Waals surface area contributed by atoms with E-state index >= 15 is 0 Å². The zero-order chi connectivity index (χ0) is 25.8. The van der Waals surface area contributed by atoms with Gasteiger partial charge in [0.1, 0.15) is 35.6 Å². The van der Waals surface area contributed by atoms with Crippen molar-refractivity contribution in [3.8, 4) is 17.4 Å². The molecule has 1 saturated heterocycles. The van der Waals surface area contributed by atoms with Gasteiger partial charge in [0.25, 0.3) is 0 Å². The zero-order valence-electron chi connectivity index (χ0n) is 20.6. The highest BCUT2D eigenvalue weighted by Gasteiger charge is 2.19. The second kappa shape index (κ2) is 11.0. The molecular formula is C25H27ClN8O3. The van der Waals surface area contributed by atoms with Crippen molar-refractivity contribution in [2.75, 3.05) is 44.6 Å². The van der Waals surface area contributed by atoms with Crippen LogP contribution < -0.4 is 14.8 Å². The van der Waals surface area contributed by atoms with Gasteiger partial charge in [-0.3, -0.25) is 19.8 Å². The monoisotopic (exact) mass is 522 g/mol. The van der Waals surface area contributed by atoms with E-state index in [1.54, 1.807) is 25.3 Å². The number of fused-ring (bicyclic) bond motifs is 1. The van der Waals surface area contributed by atoms with Gasteiger partial charge in [0.15, 0.2) is 5.65 Å². The number of H-pyrrole nitrogens is 1. The molecule has 1 amide bonds. The van der Waals surface area contributed by atoms with Crippen molar-refractivity contribution in [2.45, 2.75) is 13.8 Å². The molecule has 2 N–H and O–H groups in total. The number of piperazine rings is 1. The number of ether oxygens (including phenoxy) is 2. The third kappa shape index (κ3) is 5.89. The van der Waals surface area contributed by atoms with Gasteiger partial charge in [0, 0.05) is 51.0 Å². The number of nitrogens with zero attached hydrogens (tertiary/aromatic N) is 6. The number of aromatic nitrogens is 5. The van der Waals surface area contributed by atoms with E-state index < -0.39 is 0 Å². The molecule has 5 rings (SSSR count). The Morgan fingerprint density at radius 3 is 2.70 bits per heavy atom. The molecule has 0 bridgehead atoms. The molecule has 0 spiro atoms. The standard InChI is InChI=1S/C25H27ClN8O3/c1-16-3-5-19(14-27-16)37-21-6-4-18(13-20(21)26)30-23-22-24(29-15-28-23)31-32-25(22)36-12-11-33-7-9-34(10-8-33)17(2)35/h3-6,13-15H,7-12H2,1-2H3,(H2,28,29,30,31,32). The number of rotatable bonds is 8. The number of carbonyl (C=O) groups excluding carboxylic acids is 1. The number of carbonyl (C=O) groups is 1. The van der Waals surface area contributed by atoms with Crippen LogP contribution in [0.2, 0.25) is 5.02 Å². The van der Waals surface area contributed by atoms with Gasteiger partial charge in [-0.25, -0.2) is 9.97 Å². The predicted octanol–water partition coefficient (Wildman–Crippen LogP) is 3.79. The van der Waals surface area contributed by atoms with Crippen LogP contribution in [0.3, 0.4) is 0 Å². The number of hydrogen-bond donors (Lipinski definition) is 2. The molecule has 37 heavy (non-hydrogen) atoms. The first-order chi connectivity index (χ1) is 18.0. The summed E-state index contributed by atoms with van der Waals surface area (Å²) in [6, 6.07) is 9.10. The first-order valence-corrected chi connectivity index (χ1v) is 12.3. The van der Waals surface area contributed by atoms with Crippen molar-refractivity contribution in [3.05, 3.63) is 53.6 Å². The van der Waals surface area contributed by atoms with Crippen molar-refractivity contribution >= 4 is 40.0 Å². The van der Waals surface area contributed by atoms with Crippen LogP contribution in [0.1, 0.15) is 12.6 Å². The smallest absolute Gasteiger partial charge is 0.246 e. The Morgan fingerprint density at radius 2 is 1.97 bits per heavy atom. The van der Waals surface area contributed by atoms with E-state index in [0.717, 1.165) is 44.1 Å². The van der Waals surface area contributed by atoms with Gasteiger partial charge in [-0.2, -0.15) is 0 Å². The van der Waals surface area contributed by atoms with Crippen molar-refractivity contribution < 1.29 is 14.3 Å². The average molecular weight is 523 g/mol. The van der Waals surface area contributed by atoms with Crippen LogP contribution in [-0.4, -0.2) is 80.2 Å². The number of anilines is 2. The third-order valence-electron chi connectivity index (χ3n) is 6.10. The minimum absolute atomic E-state index is 0.117. The van der Waals surface area contributed by atoms with Gasteiger partial charge in [0.05, 0.1) is 11.2 Å². The lowest BCUT2D eigenvalue weighted by atomic mass is 10.2. The highest BCUT2D eigenvalue weighted by molar-refractivity contribution is 6.32. The number of amides is 1. The molecule has 0 aliphatic carbocycles. The lowest BCUT2D eigenvalue weighted by Crippen LogP contribution is -2.48. The maximum absolute atomic E-state index is 11.5. The van der Waals surface area contributed by atoms with Gasteiger partial charge < -0.3 is 19.7 Å². The molecule has 4 heterocycles. The largest absolute Gasteiger partial charge is 0.475 e. The highest BCUT2D eigenvalue weighted by Crippen LogP contribution is 2.34. The zero-order valence-corrected chi connectivity index (χ0v) is 21.3. The maximum atomic E-state index is 11.5. The first kappa shape index (κ1) is 24.7. The van der Waals surface area contributed by atoms with Crippen molar-refractivity contribution in [3.63, 3.8) is 0 Å². The average Bonchev–Trinajstić information content (AvgIpc) is 3.31. The number of aryl methyl sites for hydroxylation is 1. The number of halogens is 1. The minimum atomic E-state index is 0.117. The predicted molar refractivity (Wildman–Crippen MR) is 140 cm³/mol. The molecule has 0 unspecified atom stereocenters. The molecule has 0 saturated carbocycles. The fourth-order valence-electron chi connectivity index (χ4n) is 4.03. The van der Waals surface area contributed by atoms with Gasteiger partial charge >= 0.3 is 0 Å². The van der Waals surface area contributed by atoms with Gasteiger partial charge in [-0.15, -0.1) is 5.10 Å². The number of pyridine rings is 1. The molecule has 12 heteroatoms. The number of aromatic amines is 1. The number of benzene rings is 1. The Hall–Kier alpha value is -3.96. The summed E-state index contributed by atoms with van der Waals surface area (Å²) in [6.45, 7) is 7.80. The van der Waals surface area contributed by atoms with Gasteiger partial charge in [0.2, 0.25) is 11.8 Å². The SMILES string of the molecule is CC(=O)N1CCN(CCOc2n[nH]c3ncnc(Nc4ccc(Oc5ccc(C)nc5)c(Cl)c4)c23)CC1. The van der Waals surface area contributed by atoms with E-state index in [1.807, 2.05) is 30.0 Å². The summed E-state index contributed by atoms with van der Waals surface area (Å²) in [5.74, 6) is 2.19. The molecule has 4 aromatic rings. The molecule has 192 valence electrons. The summed E-state index contributed by atoms with van der Waals surface area (Å²) in [5.41, 5.74) is 2.18. The molecule has 1 aliphatic heterocycles. The topological polar surface area (TPSA) is 121 Å².